The van der Waals surface area contributed by atoms with Gasteiger partial charge in [0.15, 0.2) is 25.2 Å². The van der Waals surface area contributed by atoms with Gasteiger partial charge in [0.25, 0.3) is 0 Å². The number of ether oxygens (including phenoxy) is 2. The molecule has 1 saturated heterocycles. The molecule has 0 aliphatic carbocycles. The number of hydrogen-bond donors (Lipinski definition) is 0. The summed E-state index contributed by atoms with van der Waals surface area (Å²) in [6.07, 6.45) is 10.4. The van der Waals surface area contributed by atoms with Crippen LogP contribution < -0.4 is 4.57 Å². The number of aromatic nitrogens is 1. The molecular formula is C20H24NO2+. The molecule has 3 heteroatoms. The standard InChI is InChI=1S/C20H24NO2/c1-17-3-5-18(6-4-17)7-8-19-9-12-21(13-10-19)14-11-20-22-15-2-16-23-20/h3-10,12-13,20H,2,11,14-16H2,1H3/q+1. The average molecular weight is 310 g/mol. The fourth-order valence-corrected chi connectivity index (χ4v) is 2.56. The van der Waals surface area contributed by atoms with Crippen molar-refractivity contribution < 1.29 is 14.0 Å². The molecule has 0 radical (unpaired) electrons. The quantitative estimate of drug-likeness (QED) is 0.787. The van der Waals surface area contributed by atoms with Gasteiger partial charge in [-0.2, -0.15) is 0 Å². The second kappa shape index (κ2) is 8.04. The van der Waals surface area contributed by atoms with Gasteiger partial charge in [-0.15, -0.1) is 0 Å². The molecule has 1 aromatic heterocycles. The van der Waals surface area contributed by atoms with Crippen molar-refractivity contribution in [2.24, 2.45) is 0 Å². The molecule has 0 unspecified atom stereocenters. The highest BCUT2D eigenvalue weighted by atomic mass is 16.7. The summed E-state index contributed by atoms with van der Waals surface area (Å²) in [5, 5.41) is 0. The van der Waals surface area contributed by atoms with E-state index in [0.717, 1.165) is 32.6 Å². The molecule has 3 rings (SSSR count). The van der Waals surface area contributed by atoms with Gasteiger partial charge >= 0.3 is 0 Å². The van der Waals surface area contributed by atoms with Crippen LogP contribution in [0.3, 0.4) is 0 Å². The first-order chi connectivity index (χ1) is 11.3. The molecule has 0 N–H and O–H groups in total. The zero-order chi connectivity index (χ0) is 15.9. The molecule has 3 nitrogen and oxygen atoms in total. The summed E-state index contributed by atoms with van der Waals surface area (Å²) in [6.45, 7) is 4.65. The summed E-state index contributed by atoms with van der Waals surface area (Å²) in [5.41, 5.74) is 3.71. The van der Waals surface area contributed by atoms with E-state index >= 15 is 0 Å². The third kappa shape index (κ3) is 5.02. The van der Waals surface area contributed by atoms with Gasteiger partial charge in [0, 0.05) is 12.1 Å². The van der Waals surface area contributed by atoms with Crippen LogP contribution in [0.5, 0.6) is 0 Å². The van der Waals surface area contributed by atoms with Crippen molar-refractivity contribution in [2.75, 3.05) is 13.2 Å². The highest BCUT2D eigenvalue weighted by molar-refractivity contribution is 5.69. The Morgan fingerprint density at radius 2 is 1.57 bits per heavy atom. The molecule has 0 saturated carbocycles. The Balaban J connectivity index is 1.53. The van der Waals surface area contributed by atoms with E-state index in [1.165, 1.54) is 16.7 Å². The molecule has 0 bridgehead atoms. The highest BCUT2D eigenvalue weighted by Crippen LogP contribution is 2.10. The second-order valence-electron chi connectivity index (χ2n) is 5.93. The van der Waals surface area contributed by atoms with Crippen LogP contribution in [-0.4, -0.2) is 19.5 Å². The summed E-state index contributed by atoms with van der Waals surface area (Å²) >= 11 is 0. The van der Waals surface area contributed by atoms with Crippen molar-refractivity contribution in [1.29, 1.82) is 0 Å². The lowest BCUT2D eigenvalue weighted by molar-refractivity contribution is -0.699. The molecule has 120 valence electrons. The fraction of sp³-hybridized carbons (Fsp3) is 0.350. The van der Waals surface area contributed by atoms with E-state index in [0.29, 0.717) is 0 Å². The van der Waals surface area contributed by atoms with Crippen LogP contribution in [0.1, 0.15) is 29.5 Å². The average Bonchev–Trinajstić information content (AvgIpc) is 2.61. The first-order valence-electron chi connectivity index (χ1n) is 8.27. The lowest BCUT2D eigenvalue weighted by Gasteiger charge is -2.21. The first-order valence-corrected chi connectivity index (χ1v) is 8.27. The zero-order valence-electron chi connectivity index (χ0n) is 13.7. The number of aryl methyl sites for hydroxylation is 2. The maximum Gasteiger partial charge on any atom is 0.169 e. The van der Waals surface area contributed by atoms with Gasteiger partial charge in [-0.1, -0.05) is 42.0 Å². The van der Waals surface area contributed by atoms with Crippen LogP contribution >= 0.6 is 0 Å². The first kappa shape index (κ1) is 15.9. The molecule has 1 aliphatic rings. The number of rotatable bonds is 5. The van der Waals surface area contributed by atoms with E-state index in [1.807, 2.05) is 0 Å². The molecule has 1 aliphatic heterocycles. The predicted octanol–water partition coefficient (Wildman–Crippen LogP) is 3.61. The minimum atomic E-state index is -0.0441. The molecule has 0 atom stereocenters. The number of benzene rings is 1. The van der Waals surface area contributed by atoms with Crippen LogP contribution in [0.15, 0.2) is 48.8 Å². The molecule has 23 heavy (non-hydrogen) atoms. The van der Waals surface area contributed by atoms with Crippen molar-refractivity contribution in [3.05, 3.63) is 65.5 Å². The summed E-state index contributed by atoms with van der Waals surface area (Å²) in [6, 6.07) is 12.8. The Bertz CT molecular complexity index is 626. The fourth-order valence-electron chi connectivity index (χ4n) is 2.56. The van der Waals surface area contributed by atoms with Crippen LogP contribution in [0.4, 0.5) is 0 Å². The highest BCUT2D eigenvalue weighted by Gasteiger charge is 2.15. The predicted molar refractivity (Wildman–Crippen MR) is 91.7 cm³/mol. The van der Waals surface area contributed by atoms with E-state index in [-0.39, 0.29) is 6.29 Å². The smallest absolute Gasteiger partial charge is 0.169 e. The molecule has 0 amide bonds. The zero-order valence-corrected chi connectivity index (χ0v) is 13.7. The normalized spacial score (nSPS) is 16.0. The summed E-state index contributed by atoms with van der Waals surface area (Å²) in [5.74, 6) is 0. The molecule has 1 aromatic carbocycles. The van der Waals surface area contributed by atoms with Crippen LogP contribution in [-0.2, 0) is 16.0 Å². The van der Waals surface area contributed by atoms with Crippen molar-refractivity contribution >= 4 is 12.2 Å². The molecule has 2 aromatic rings. The van der Waals surface area contributed by atoms with E-state index in [2.05, 4.69) is 72.4 Å². The number of nitrogens with zero attached hydrogens (tertiary/aromatic N) is 1. The van der Waals surface area contributed by atoms with E-state index in [9.17, 15) is 0 Å². The number of hydrogen-bond acceptors (Lipinski definition) is 2. The van der Waals surface area contributed by atoms with Gasteiger partial charge in [0.05, 0.1) is 19.6 Å². The Hall–Kier alpha value is -1.97. The monoisotopic (exact) mass is 310 g/mol. The van der Waals surface area contributed by atoms with Gasteiger partial charge in [0.1, 0.15) is 0 Å². The maximum atomic E-state index is 5.57. The van der Waals surface area contributed by atoms with E-state index in [4.69, 9.17) is 9.47 Å². The third-order valence-electron chi connectivity index (χ3n) is 3.98. The second-order valence-corrected chi connectivity index (χ2v) is 5.93. The van der Waals surface area contributed by atoms with Gasteiger partial charge in [-0.3, -0.25) is 0 Å². The minimum Gasteiger partial charge on any atom is -0.352 e. The molecular weight excluding hydrogens is 286 g/mol. The van der Waals surface area contributed by atoms with Crippen molar-refractivity contribution in [2.45, 2.75) is 32.6 Å². The van der Waals surface area contributed by atoms with Crippen molar-refractivity contribution in [3.63, 3.8) is 0 Å². The van der Waals surface area contributed by atoms with Crippen molar-refractivity contribution in [1.82, 2.24) is 0 Å². The third-order valence-corrected chi connectivity index (χ3v) is 3.98. The van der Waals surface area contributed by atoms with Gasteiger partial charge < -0.3 is 9.47 Å². The lowest BCUT2D eigenvalue weighted by atomic mass is 10.1. The summed E-state index contributed by atoms with van der Waals surface area (Å²) in [7, 11) is 0. The maximum absolute atomic E-state index is 5.57. The Labute approximate surface area is 138 Å². The molecule has 0 spiro atoms. The Morgan fingerprint density at radius 1 is 0.957 bits per heavy atom. The lowest BCUT2D eigenvalue weighted by Crippen LogP contribution is -2.36. The summed E-state index contributed by atoms with van der Waals surface area (Å²) in [4.78, 5) is 0. The van der Waals surface area contributed by atoms with E-state index < -0.39 is 0 Å². The van der Waals surface area contributed by atoms with Crippen LogP contribution in [0.25, 0.3) is 12.2 Å². The Kier molecular flexibility index (Phi) is 5.56. The van der Waals surface area contributed by atoms with Crippen LogP contribution in [0, 0.1) is 6.92 Å². The van der Waals surface area contributed by atoms with Crippen molar-refractivity contribution in [3.8, 4) is 0 Å². The molecule has 2 heterocycles. The molecule has 1 fully saturated rings. The largest absolute Gasteiger partial charge is 0.352 e. The SMILES string of the molecule is Cc1ccc(C=Cc2cc[n+](CCC3OCCCO3)cc2)cc1. The summed E-state index contributed by atoms with van der Waals surface area (Å²) < 4.78 is 13.3. The van der Waals surface area contributed by atoms with Gasteiger partial charge in [0.2, 0.25) is 0 Å². The van der Waals surface area contributed by atoms with Crippen LogP contribution in [0.2, 0.25) is 0 Å². The number of pyridine rings is 1. The Morgan fingerprint density at radius 3 is 2.22 bits per heavy atom. The topological polar surface area (TPSA) is 22.3 Å². The minimum absolute atomic E-state index is 0.0441. The van der Waals surface area contributed by atoms with Gasteiger partial charge in [-0.05, 0) is 24.5 Å². The van der Waals surface area contributed by atoms with Gasteiger partial charge in [-0.25, -0.2) is 4.57 Å². The van der Waals surface area contributed by atoms with E-state index in [1.54, 1.807) is 0 Å².